The highest BCUT2D eigenvalue weighted by Crippen LogP contribution is 2.28. The Hall–Kier alpha value is -3.39. The second-order valence-corrected chi connectivity index (χ2v) is 9.53. The largest absolute Gasteiger partial charge is 0.457 e. The van der Waals surface area contributed by atoms with Crippen molar-refractivity contribution in [2.24, 2.45) is 0 Å². The number of amides is 2. The molecule has 8 heteroatoms. The van der Waals surface area contributed by atoms with Crippen molar-refractivity contribution in [1.29, 1.82) is 0 Å². The van der Waals surface area contributed by atoms with Crippen molar-refractivity contribution in [2.75, 3.05) is 39.3 Å². The van der Waals surface area contributed by atoms with Gasteiger partial charge in [0.25, 0.3) is 11.8 Å². The highest BCUT2D eigenvalue weighted by Gasteiger charge is 2.39. The minimum Gasteiger partial charge on any atom is -0.457 e. The maximum Gasteiger partial charge on any atom is 0.257 e. The molecule has 2 aliphatic rings. The number of piperazine rings is 1. The number of β-amino-alcohol motifs (C(OH)–C–C–N with tert-alkyl or cyclic N) is 1. The topological polar surface area (TPSA) is 73.3 Å². The van der Waals surface area contributed by atoms with Crippen molar-refractivity contribution in [1.82, 2.24) is 14.7 Å². The van der Waals surface area contributed by atoms with Gasteiger partial charge in [-0.2, -0.15) is 0 Å². The lowest BCUT2D eigenvalue weighted by Crippen LogP contribution is -2.54. The van der Waals surface area contributed by atoms with Crippen LogP contribution in [0.5, 0.6) is 11.5 Å². The van der Waals surface area contributed by atoms with E-state index in [2.05, 4.69) is 4.90 Å². The van der Waals surface area contributed by atoms with Gasteiger partial charge < -0.3 is 19.6 Å². The van der Waals surface area contributed by atoms with Crippen LogP contribution in [-0.2, 0) is 0 Å². The van der Waals surface area contributed by atoms with Gasteiger partial charge in [-0.25, -0.2) is 0 Å². The second-order valence-electron chi connectivity index (χ2n) is 9.09. The first-order valence-corrected chi connectivity index (χ1v) is 12.5. The maximum atomic E-state index is 13.4. The van der Waals surface area contributed by atoms with E-state index in [0.717, 1.165) is 0 Å². The van der Waals surface area contributed by atoms with Gasteiger partial charge >= 0.3 is 0 Å². The highest BCUT2D eigenvalue weighted by atomic mass is 35.5. The zero-order chi connectivity index (χ0) is 25.1. The van der Waals surface area contributed by atoms with Gasteiger partial charge in [0, 0.05) is 49.9 Å². The first-order chi connectivity index (χ1) is 17.5. The molecule has 5 rings (SSSR count). The van der Waals surface area contributed by atoms with Gasteiger partial charge in [-0.15, -0.1) is 0 Å². The lowest BCUT2D eigenvalue weighted by molar-refractivity contribution is 0.0376. The van der Waals surface area contributed by atoms with E-state index in [1.807, 2.05) is 47.4 Å². The average Bonchev–Trinajstić information content (AvgIpc) is 3.31. The van der Waals surface area contributed by atoms with E-state index in [0.29, 0.717) is 60.4 Å². The second kappa shape index (κ2) is 10.7. The summed E-state index contributed by atoms with van der Waals surface area (Å²) in [7, 11) is 0. The molecule has 0 bridgehead atoms. The Labute approximate surface area is 215 Å². The molecule has 2 aliphatic heterocycles. The van der Waals surface area contributed by atoms with Crippen LogP contribution in [0.4, 0.5) is 0 Å². The summed E-state index contributed by atoms with van der Waals surface area (Å²) in [6.45, 7) is 3.07. The van der Waals surface area contributed by atoms with Gasteiger partial charge in [-0.1, -0.05) is 41.9 Å². The summed E-state index contributed by atoms with van der Waals surface area (Å²) in [5.74, 6) is 0.953. The smallest absolute Gasteiger partial charge is 0.257 e. The molecule has 0 unspecified atom stereocenters. The molecule has 1 N–H and O–H groups in total. The van der Waals surface area contributed by atoms with Crippen LogP contribution in [0.25, 0.3) is 0 Å². The monoisotopic (exact) mass is 505 g/mol. The Bertz CT molecular complexity index is 1210. The molecule has 0 saturated carbocycles. The van der Waals surface area contributed by atoms with Crippen LogP contribution in [0.3, 0.4) is 0 Å². The van der Waals surface area contributed by atoms with Crippen molar-refractivity contribution in [3.05, 3.63) is 95.0 Å². The number of hydrogen-bond acceptors (Lipinski definition) is 5. The fourth-order valence-corrected chi connectivity index (χ4v) is 4.97. The Morgan fingerprint density at radius 3 is 2.17 bits per heavy atom. The number of aliphatic hydroxyl groups is 1. The van der Waals surface area contributed by atoms with Crippen LogP contribution >= 0.6 is 11.6 Å². The van der Waals surface area contributed by atoms with Crippen molar-refractivity contribution < 1.29 is 19.4 Å². The van der Waals surface area contributed by atoms with E-state index in [9.17, 15) is 14.7 Å². The molecule has 2 atom stereocenters. The number of halogens is 1. The Balaban J connectivity index is 1.21. The summed E-state index contributed by atoms with van der Waals surface area (Å²) in [5.41, 5.74) is 1.08. The minimum absolute atomic E-state index is 0.0230. The summed E-state index contributed by atoms with van der Waals surface area (Å²) >= 11 is 5.94. The number of rotatable bonds is 5. The first-order valence-electron chi connectivity index (χ1n) is 12.1. The molecule has 0 spiro atoms. The quantitative estimate of drug-likeness (QED) is 0.571. The third-order valence-electron chi connectivity index (χ3n) is 6.80. The van der Waals surface area contributed by atoms with E-state index in [1.54, 1.807) is 41.3 Å². The van der Waals surface area contributed by atoms with Crippen LogP contribution in [0.2, 0.25) is 5.02 Å². The van der Waals surface area contributed by atoms with E-state index in [-0.39, 0.29) is 24.4 Å². The van der Waals surface area contributed by atoms with E-state index < -0.39 is 6.10 Å². The van der Waals surface area contributed by atoms with Crippen molar-refractivity contribution in [3.63, 3.8) is 0 Å². The normalized spacial score (nSPS) is 20.4. The summed E-state index contributed by atoms with van der Waals surface area (Å²) in [6, 6.07) is 23.3. The number of ether oxygens (including phenoxy) is 1. The third-order valence-corrected chi connectivity index (χ3v) is 7.05. The van der Waals surface area contributed by atoms with Gasteiger partial charge in [-0.05, 0) is 48.5 Å². The number of hydrogen-bond donors (Lipinski definition) is 1. The zero-order valence-corrected chi connectivity index (χ0v) is 20.6. The van der Waals surface area contributed by atoms with E-state index >= 15 is 0 Å². The summed E-state index contributed by atoms with van der Waals surface area (Å²) in [5, 5.41) is 11.4. The third kappa shape index (κ3) is 5.23. The van der Waals surface area contributed by atoms with Crippen LogP contribution in [0.15, 0.2) is 78.9 Å². The van der Waals surface area contributed by atoms with Crippen molar-refractivity contribution >= 4 is 23.4 Å². The summed E-state index contributed by atoms with van der Waals surface area (Å²) in [6.07, 6.45) is -0.658. The van der Waals surface area contributed by atoms with Crippen LogP contribution in [0.1, 0.15) is 20.7 Å². The van der Waals surface area contributed by atoms with Crippen molar-refractivity contribution in [3.8, 4) is 11.5 Å². The Kier molecular flexibility index (Phi) is 7.23. The summed E-state index contributed by atoms with van der Waals surface area (Å²) < 4.78 is 5.97. The van der Waals surface area contributed by atoms with Gasteiger partial charge in [0.1, 0.15) is 11.5 Å². The van der Waals surface area contributed by atoms with Crippen LogP contribution in [0, 0.1) is 0 Å². The lowest BCUT2D eigenvalue weighted by Gasteiger charge is -2.38. The zero-order valence-electron chi connectivity index (χ0n) is 19.8. The molecule has 186 valence electrons. The molecule has 0 radical (unpaired) electrons. The molecule has 36 heavy (non-hydrogen) atoms. The van der Waals surface area contributed by atoms with Crippen molar-refractivity contribution in [2.45, 2.75) is 12.1 Å². The number of carbonyl (C=O) groups excluding carboxylic acids is 2. The van der Waals surface area contributed by atoms with Gasteiger partial charge in [0.2, 0.25) is 0 Å². The molecular formula is C28H28ClN3O4. The molecule has 2 fully saturated rings. The number of para-hydroxylation sites is 2. The predicted octanol–water partition coefficient (Wildman–Crippen LogP) is 3.78. The Morgan fingerprint density at radius 1 is 0.778 bits per heavy atom. The lowest BCUT2D eigenvalue weighted by atomic mass is 10.1. The van der Waals surface area contributed by atoms with E-state index in [4.69, 9.17) is 16.3 Å². The maximum absolute atomic E-state index is 13.4. The SMILES string of the molecule is O=C(c1ccc(Cl)cc1)N1CCN([C@@H]2CN(C(=O)c3ccccc3Oc3ccccc3)C[C@H]2O)CC1. The molecule has 3 aromatic carbocycles. The molecule has 0 aromatic heterocycles. The number of carbonyl (C=O) groups is 2. The fourth-order valence-electron chi connectivity index (χ4n) is 4.84. The van der Waals surface area contributed by atoms with Gasteiger partial charge in [0.15, 0.2) is 0 Å². The number of benzene rings is 3. The molecule has 2 amide bonds. The molecule has 3 aromatic rings. The number of likely N-dealkylation sites (tertiary alicyclic amines) is 1. The molecule has 2 heterocycles. The fraction of sp³-hybridized carbons (Fsp3) is 0.286. The molecule has 7 nitrogen and oxygen atoms in total. The summed E-state index contributed by atoms with van der Waals surface area (Å²) in [4.78, 5) is 31.9. The minimum atomic E-state index is -0.658. The van der Waals surface area contributed by atoms with Crippen LogP contribution < -0.4 is 4.74 Å². The molecular weight excluding hydrogens is 478 g/mol. The molecule has 2 saturated heterocycles. The number of nitrogens with zero attached hydrogens (tertiary/aromatic N) is 3. The first kappa shape index (κ1) is 24.3. The Morgan fingerprint density at radius 2 is 1.44 bits per heavy atom. The van der Waals surface area contributed by atoms with Crippen LogP contribution in [-0.4, -0.2) is 83.0 Å². The van der Waals surface area contributed by atoms with E-state index in [1.165, 1.54) is 0 Å². The highest BCUT2D eigenvalue weighted by molar-refractivity contribution is 6.30. The van der Waals surface area contributed by atoms with Gasteiger partial charge in [-0.3, -0.25) is 14.5 Å². The predicted molar refractivity (Wildman–Crippen MR) is 138 cm³/mol. The average molecular weight is 506 g/mol. The standard InChI is InChI=1S/C28H28ClN3O4/c29-21-12-10-20(11-13-21)27(34)31-16-14-30(15-17-31)24-18-32(19-25(24)33)28(35)23-8-4-5-9-26(23)36-22-6-2-1-3-7-22/h1-13,24-25,33H,14-19H2/t24-,25-/m1/s1. The molecule has 0 aliphatic carbocycles. The van der Waals surface area contributed by atoms with Gasteiger partial charge in [0.05, 0.1) is 17.7 Å². The number of aliphatic hydroxyl groups excluding tert-OH is 1.